The molecule has 0 saturated heterocycles. The summed E-state index contributed by atoms with van der Waals surface area (Å²) in [5, 5.41) is 14.0. The molecule has 110 valence electrons. The number of nitrogens with one attached hydrogen (secondary N) is 2. The molecule has 1 aromatic carbocycles. The quantitative estimate of drug-likeness (QED) is 0.797. The standard InChI is InChI=1S/C14H19FN2O3/c1-8-9(15)6-5-7-10(8)16-13(20)17-11(12(18)19)14(2,3)4/h5-7,11H,1-4H3,(H,18,19)(H2,16,17,20)/t11-/m0/s1. The maximum Gasteiger partial charge on any atom is 0.326 e. The van der Waals surface area contributed by atoms with Gasteiger partial charge in [0.1, 0.15) is 11.9 Å². The molecular weight excluding hydrogens is 263 g/mol. The monoisotopic (exact) mass is 282 g/mol. The molecule has 2 amide bonds. The van der Waals surface area contributed by atoms with Gasteiger partial charge in [0.25, 0.3) is 0 Å². The maximum atomic E-state index is 13.3. The number of urea groups is 1. The molecule has 0 heterocycles. The van der Waals surface area contributed by atoms with Crippen LogP contribution in [0.3, 0.4) is 0 Å². The topological polar surface area (TPSA) is 78.4 Å². The highest BCUT2D eigenvalue weighted by Crippen LogP contribution is 2.20. The van der Waals surface area contributed by atoms with Crippen LogP contribution in [0.2, 0.25) is 0 Å². The molecule has 0 radical (unpaired) electrons. The van der Waals surface area contributed by atoms with E-state index in [0.717, 1.165) is 0 Å². The van der Waals surface area contributed by atoms with Gasteiger partial charge >= 0.3 is 12.0 Å². The number of carbonyl (C=O) groups excluding carboxylic acids is 1. The molecule has 0 aliphatic heterocycles. The second-order valence-electron chi connectivity index (χ2n) is 5.65. The number of anilines is 1. The number of hydrogen-bond acceptors (Lipinski definition) is 2. The van der Waals surface area contributed by atoms with Crippen LogP contribution in [0.25, 0.3) is 0 Å². The van der Waals surface area contributed by atoms with Crippen LogP contribution in [0.4, 0.5) is 14.9 Å². The SMILES string of the molecule is Cc1c(F)cccc1NC(=O)N[C@@H](C(=O)O)C(C)(C)C. The van der Waals surface area contributed by atoms with Gasteiger partial charge in [-0.05, 0) is 24.5 Å². The summed E-state index contributed by atoms with van der Waals surface area (Å²) in [6.07, 6.45) is 0. The van der Waals surface area contributed by atoms with E-state index in [4.69, 9.17) is 5.11 Å². The minimum absolute atomic E-state index is 0.297. The van der Waals surface area contributed by atoms with E-state index in [2.05, 4.69) is 10.6 Å². The van der Waals surface area contributed by atoms with Crippen molar-refractivity contribution >= 4 is 17.7 Å². The third-order valence-electron chi connectivity index (χ3n) is 2.90. The molecule has 0 unspecified atom stereocenters. The van der Waals surface area contributed by atoms with E-state index in [0.29, 0.717) is 11.3 Å². The molecule has 3 N–H and O–H groups in total. The van der Waals surface area contributed by atoms with Gasteiger partial charge in [0, 0.05) is 11.3 Å². The molecule has 0 aromatic heterocycles. The van der Waals surface area contributed by atoms with Crippen molar-refractivity contribution in [3.63, 3.8) is 0 Å². The van der Waals surface area contributed by atoms with Crippen LogP contribution >= 0.6 is 0 Å². The molecular formula is C14H19FN2O3. The zero-order valence-electron chi connectivity index (χ0n) is 12.0. The Hall–Kier alpha value is -2.11. The van der Waals surface area contributed by atoms with E-state index < -0.39 is 29.3 Å². The molecule has 0 spiro atoms. The maximum absolute atomic E-state index is 13.3. The molecule has 6 heteroatoms. The van der Waals surface area contributed by atoms with Gasteiger partial charge in [-0.25, -0.2) is 14.0 Å². The number of aliphatic carboxylic acids is 1. The highest BCUT2D eigenvalue weighted by Gasteiger charge is 2.32. The Morgan fingerprint density at radius 2 is 1.90 bits per heavy atom. The van der Waals surface area contributed by atoms with Crippen molar-refractivity contribution in [2.75, 3.05) is 5.32 Å². The van der Waals surface area contributed by atoms with Crippen molar-refractivity contribution in [2.24, 2.45) is 5.41 Å². The highest BCUT2D eigenvalue weighted by molar-refractivity contribution is 5.93. The molecule has 1 rings (SSSR count). The Morgan fingerprint density at radius 1 is 1.30 bits per heavy atom. The second kappa shape index (κ2) is 5.90. The largest absolute Gasteiger partial charge is 0.480 e. The number of hydrogen-bond donors (Lipinski definition) is 3. The van der Waals surface area contributed by atoms with E-state index >= 15 is 0 Å². The third kappa shape index (κ3) is 3.94. The minimum atomic E-state index is -1.12. The first-order chi connectivity index (χ1) is 9.12. The summed E-state index contributed by atoms with van der Waals surface area (Å²) >= 11 is 0. The van der Waals surface area contributed by atoms with Crippen molar-refractivity contribution in [1.29, 1.82) is 0 Å². The molecule has 5 nitrogen and oxygen atoms in total. The Labute approximate surface area is 117 Å². The molecule has 1 aromatic rings. The van der Waals surface area contributed by atoms with Crippen molar-refractivity contribution < 1.29 is 19.1 Å². The number of amides is 2. The number of carbonyl (C=O) groups is 2. The third-order valence-corrected chi connectivity index (χ3v) is 2.90. The molecule has 0 bridgehead atoms. The van der Waals surface area contributed by atoms with E-state index in [-0.39, 0.29) is 0 Å². The first kappa shape index (κ1) is 15.9. The lowest BCUT2D eigenvalue weighted by molar-refractivity contribution is -0.141. The minimum Gasteiger partial charge on any atom is -0.480 e. The van der Waals surface area contributed by atoms with Gasteiger partial charge in [-0.1, -0.05) is 26.8 Å². The number of halogens is 1. The van der Waals surface area contributed by atoms with Crippen LogP contribution in [0, 0.1) is 18.2 Å². The number of carboxylic acids is 1. The van der Waals surface area contributed by atoms with Gasteiger partial charge in [-0.2, -0.15) is 0 Å². The van der Waals surface area contributed by atoms with Crippen molar-refractivity contribution in [3.8, 4) is 0 Å². The Balaban J connectivity index is 2.82. The summed E-state index contributed by atoms with van der Waals surface area (Å²) in [6, 6.07) is 2.58. The lowest BCUT2D eigenvalue weighted by Gasteiger charge is -2.27. The van der Waals surface area contributed by atoms with Crippen molar-refractivity contribution in [3.05, 3.63) is 29.6 Å². The first-order valence-electron chi connectivity index (χ1n) is 6.18. The number of rotatable bonds is 3. The van der Waals surface area contributed by atoms with Crippen LogP contribution in [0.5, 0.6) is 0 Å². The fourth-order valence-electron chi connectivity index (χ4n) is 1.68. The lowest BCUT2D eigenvalue weighted by atomic mass is 9.87. The van der Waals surface area contributed by atoms with Gasteiger partial charge in [0.2, 0.25) is 0 Å². The molecule has 20 heavy (non-hydrogen) atoms. The summed E-state index contributed by atoms with van der Waals surface area (Å²) in [4.78, 5) is 23.0. The molecule has 0 fully saturated rings. The Morgan fingerprint density at radius 3 is 2.40 bits per heavy atom. The Kier molecular flexibility index (Phi) is 4.70. The summed E-state index contributed by atoms with van der Waals surface area (Å²) in [6.45, 7) is 6.65. The number of benzene rings is 1. The van der Waals surface area contributed by atoms with Gasteiger partial charge in [-0.15, -0.1) is 0 Å². The first-order valence-corrected chi connectivity index (χ1v) is 6.18. The summed E-state index contributed by atoms with van der Waals surface area (Å²) in [5.74, 6) is -1.56. The van der Waals surface area contributed by atoms with E-state index in [9.17, 15) is 14.0 Å². The highest BCUT2D eigenvalue weighted by atomic mass is 19.1. The van der Waals surface area contributed by atoms with Crippen molar-refractivity contribution in [1.82, 2.24) is 5.32 Å². The zero-order chi connectivity index (χ0) is 15.5. The van der Waals surface area contributed by atoms with Crippen LogP contribution in [0.1, 0.15) is 26.3 Å². The van der Waals surface area contributed by atoms with Gasteiger partial charge in [0.05, 0.1) is 0 Å². The fourth-order valence-corrected chi connectivity index (χ4v) is 1.68. The second-order valence-corrected chi connectivity index (χ2v) is 5.65. The van der Waals surface area contributed by atoms with E-state index in [1.165, 1.54) is 19.1 Å². The predicted molar refractivity (Wildman–Crippen MR) is 74.2 cm³/mol. The fraction of sp³-hybridized carbons (Fsp3) is 0.429. The summed E-state index contributed by atoms with van der Waals surface area (Å²) in [7, 11) is 0. The van der Waals surface area contributed by atoms with Gasteiger partial charge in [0.15, 0.2) is 0 Å². The lowest BCUT2D eigenvalue weighted by Crippen LogP contribution is -2.50. The zero-order valence-corrected chi connectivity index (χ0v) is 12.0. The van der Waals surface area contributed by atoms with Crippen LogP contribution in [-0.4, -0.2) is 23.1 Å². The van der Waals surface area contributed by atoms with Crippen LogP contribution in [0.15, 0.2) is 18.2 Å². The number of carboxylic acid groups (broad SMARTS) is 1. The normalized spacial score (nSPS) is 12.7. The van der Waals surface area contributed by atoms with Crippen LogP contribution in [-0.2, 0) is 4.79 Å². The average Bonchev–Trinajstić information content (AvgIpc) is 2.30. The average molecular weight is 282 g/mol. The molecule has 0 aliphatic rings. The molecule has 1 atom stereocenters. The van der Waals surface area contributed by atoms with E-state index in [1.807, 2.05) is 0 Å². The predicted octanol–water partition coefficient (Wildman–Crippen LogP) is 2.75. The van der Waals surface area contributed by atoms with Crippen LogP contribution < -0.4 is 10.6 Å². The smallest absolute Gasteiger partial charge is 0.326 e. The van der Waals surface area contributed by atoms with E-state index in [1.54, 1.807) is 26.8 Å². The van der Waals surface area contributed by atoms with Gasteiger partial charge < -0.3 is 15.7 Å². The molecule has 0 saturated carbocycles. The van der Waals surface area contributed by atoms with Gasteiger partial charge in [-0.3, -0.25) is 0 Å². The summed E-state index contributed by atoms with van der Waals surface area (Å²) < 4.78 is 13.3. The summed E-state index contributed by atoms with van der Waals surface area (Å²) in [5.41, 5.74) is -0.0361. The molecule has 0 aliphatic carbocycles. The Bertz CT molecular complexity index is 524. The van der Waals surface area contributed by atoms with Crippen molar-refractivity contribution in [2.45, 2.75) is 33.7 Å².